The van der Waals surface area contributed by atoms with E-state index in [1.54, 1.807) is 12.1 Å². The third kappa shape index (κ3) is 2.69. The zero-order valence-electron chi connectivity index (χ0n) is 9.67. The van der Waals surface area contributed by atoms with Crippen LogP contribution in [0.4, 0.5) is 15.8 Å². The van der Waals surface area contributed by atoms with E-state index in [-0.39, 0.29) is 5.56 Å². The molecule has 4 heteroatoms. The Balaban J connectivity index is 2.29. The summed E-state index contributed by atoms with van der Waals surface area (Å²) >= 11 is 3.39. The smallest absolute Gasteiger partial charge is 0.143 e. The van der Waals surface area contributed by atoms with Crippen molar-refractivity contribution in [1.29, 1.82) is 5.26 Å². The second-order valence-corrected chi connectivity index (χ2v) is 4.81. The topological polar surface area (TPSA) is 35.8 Å². The summed E-state index contributed by atoms with van der Waals surface area (Å²) in [5.74, 6) is -0.516. The van der Waals surface area contributed by atoms with Crippen LogP contribution in [-0.2, 0) is 0 Å². The molecule has 0 aliphatic carbocycles. The molecule has 0 aliphatic heterocycles. The van der Waals surface area contributed by atoms with Crippen LogP contribution in [0.25, 0.3) is 0 Å². The van der Waals surface area contributed by atoms with Crippen LogP contribution in [0, 0.1) is 24.1 Å². The van der Waals surface area contributed by atoms with Crippen LogP contribution in [0.2, 0.25) is 0 Å². The standard InChI is InChI=1S/C14H10BrFN2/c1-9-6-11(15)3-5-14(9)18-12-4-2-10(8-17)13(16)7-12/h2-7,18H,1H3. The number of benzene rings is 2. The Kier molecular flexibility index (Phi) is 3.63. The van der Waals surface area contributed by atoms with Crippen molar-refractivity contribution in [2.24, 2.45) is 0 Å². The predicted molar refractivity (Wildman–Crippen MR) is 73.3 cm³/mol. The molecule has 1 N–H and O–H groups in total. The van der Waals surface area contributed by atoms with Gasteiger partial charge >= 0.3 is 0 Å². The van der Waals surface area contributed by atoms with Gasteiger partial charge in [-0.15, -0.1) is 0 Å². The zero-order chi connectivity index (χ0) is 13.1. The van der Waals surface area contributed by atoms with Crippen molar-refractivity contribution in [3.8, 4) is 6.07 Å². The lowest BCUT2D eigenvalue weighted by Crippen LogP contribution is -1.94. The lowest BCUT2D eigenvalue weighted by atomic mass is 10.1. The van der Waals surface area contributed by atoms with Crippen LogP contribution in [0.5, 0.6) is 0 Å². The number of nitrogens with one attached hydrogen (secondary N) is 1. The molecule has 2 nitrogen and oxygen atoms in total. The molecule has 0 aliphatic rings. The Morgan fingerprint density at radius 2 is 2.00 bits per heavy atom. The van der Waals surface area contributed by atoms with Gasteiger partial charge in [-0.25, -0.2) is 4.39 Å². The van der Waals surface area contributed by atoms with Gasteiger partial charge < -0.3 is 5.32 Å². The number of halogens is 2. The lowest BCUT2D eigenvalue weighted by Gasteiger charge is -2.10. The van der Waals surface area contributed by atoms with Gasteiger partial charge in [0.15, 0.2) is 0 Å². The van der Waals surface area contributed by atoms with Crippen LogP contribution >= 0.6 is 15.9 Å². The maximum atomic E-state index is 13.4. The third-order valence-corrected chi connectivity index (χ3v) is 3.05. The lowest BCUT2D eigenvalue weighted by molar-refractivity contribution is 0.624. The van der Waals surface area contributed by atoms with Crippen LogP contribution in [0.1, 0.15) is 11.1 Å². The number of nitriles is 1. The Morgan fingerprint density at radius 1 is 1.22 bits per heavy atom. The van der Waals surface area contributed by atoms with E-state index < -0.39 is 5.82 Å². The number of hydrogen-bond donors (Lipinski definition) is 1. The first kappa shape index (κ1) is 12.6. The van der Waals surface area contributed by atoms with Crippen molar-refractivity contribution >= 4 is 27.3 Å². The van der Waals surface area contributed by atoms with Gasteiger partial charge in [-0.2, -0.15) is 5.26 Å². The molecule has 0 atom stereocenters. The summed E-state index contributed by atoms with van der Waals surface area (Å²) in [6.45, 7) is 1.97. The van der Waals surface area contributed by atoms with Crippen LogP contribution < -0.4 is 5.32 Å². The molecule has 2 aromatic rings. The number of nitrogens with zero attached hydrogens (tertiary/aromatic N) is 1. The minimum absolute atomic E-state index is 0.0491. The summed E-state index contributed by atoms with van der Waals surface area (Å²) in [7, 11) is 0. The molecular formula is C14H10BrFN2. The summed E-state index contributed by atoms with van der Waals surface area (Å²) in [6, 6.07) is 12.1. The first-order valence-corrected chi connectivity index (χ1v) is 6.12. The molecule has 0 amide bonds. The number of anilines is 2. The van der Waals surface area contributed by atoms with Gasteiger partial charge in [0.1, 0.15) is 11.9 Å². The highest BCUT2D eigenvalue weighted by Crippen LogP contribution is 2.24. The first-order chi connectivity index (χ1) is 8.60. The third-order valence-electron chi connectivity index (χ3n) is 2.56. The van der Waals surface area contributed by atoms with Gasteiger partial charge in [0, 0.05) is 15.8 Å². The Hall–Kier alpha value is -1.86. The van der Waals surface area contributed by atoms with Crippen molar-refractivity contribution in [2.75, 3.05) is 5.32 Å². The highest BCUT2D eigenvalue weighted by atomic mass is 79.9. The van der Waals surface area contributed by atoms with Gasteiger partial charge in [0.25, 0.3) is 0 Å². The van der Waals surface area contributed by atoms with Crippen molar-refractivity contribution in [3.63, 3.8) is 0 Å². The van der Waals surface area contributed by atoms with Crippen molar-refractivity contribution in [1.82, 2.24) is 0 Å². The van der Waals surface area contributed by atoms with E-state index in [2.05, 4.69) is 21.2 Å². The molecule has 0 heterocycles. The monoisotopic (exact) mass is 304 g/mol. The van der Waals surface area contributed by atoms with Crippen LogP contribution in [-0.4, -0.2) is 0 Å². The fourth-order valence-corrected chi connectivity index (χ4v) is 2.08. The van der Waals surface area contributed by atoms with E-state index in [4.69, 9.17) is 5.26 Å². The normalized spacial score (nSPS) is 9.89. The van der Waals surface area contributed by atoms with E-state index in [0.717, 1.165) is 15.7 Å². The van der Waals surface area contributed by atoms with E-state index in [1.165, 1.54) is 12.1 Å². The maximum Gasteiger partial charge on any atom is 0.143 e. The molecule has 0 bridgehead atoms. The fraction of sp³-hybridized carbons (Fsp3) is 0.0714. The average molecular weight is 305 g/mol. The van der Waals surface area contributed by atoms with Gasteiger partial charge in [0.05, 0.1) is 5.56 Å². The number of hydrogen-bond acceptors (Lipinski definition) is 2. The summed E-state index contributed by atoms with van der Waals surface area (Å²) in [4.78, 5) is 0. The fourth-order valence-electron chi connectivity index (χ4n) is 1.61. The second-order valence-electron chi connectivity index (χ2n) is 3.89. The average Bonchev–Trinajstić information content (AvgIpc) is 2.33. The molecule has 0 aromatic heterocycles. The largest absolute Gasteiger partial charge is 0.355 e. The Labute approximate surface area is 113 Å². The molecule has 2 aromatic carbocycles. The molecule has 90 valence electrons. The summed E-state index contributed by atoms with van der Waals surface area (Å²) < 4.78 is 14.4. The minimum Gasteiger partial charge on any atom is -0.355 e. The highest BCUT2D eigenvalue weighted by Gasteiger charge is 2.04. The van der Waals surface area contributed by atoms with E-state index in [0.29, 0.717) is 5.69 Å². The Morgan fingerprint density at radius 3 is 2.61 bits per heavy atom. The van der Waals surface area contributed by atoms with E-state index in [1.807, 2.05) is 25.1 Å². The molecule has 0 fully saturated rings. The SMILES string of the molecule is Cc1cc(Br)ccc1Nc1ccc(C#N)c(F)c1. The van der Waals surface area contributed by atoms with Crippen molar-refractivity contribution < 1.29 is 4.39 Å². The molecule has 0 radical (unpaired) electrons. The predicted octanol–water partition coefficient (Wildman–Crippen LogP) is 4.51. The zero-order valence-corrected chi connectivity index (χ0v) is 11.3. The quantitative estimate of drug-likeness (QED) is 0.886. The molecule has 0 saturated heterocycles. The molecule has 18 heavy (non-hydrogen) atoms. The van der Waals surface area contributed by atoms with Crippen LogP contribution in [0.15, 0.2) is 40.9 Å². The van der Waals surface area contributed by atoms with E-state index >= 15 is 0 Å². The first-order valence-electron chi connectivity index (χ1n) is 5.33. The molecular weight excluding hydrogens is 295 g/mol. The van der Waals surface area contributed by atoms with Crippen LogP contribution in [0.3, 0.4) is 0 Å². The van der Waals surface area contributed by atoms with Gasteiger partial charge in [-0.1, -0.05) is 15.9 Å². The number of aryl methyl sites for hydroxylation is 1. The molecule has 0 unspecified atom stereocenters. The second kappa shape index (κ2) is 5.19. The number of rotatable bonds is 2. The summed E-state index contributed by atoms with van der Waals surface area (Å²) in [6.07, 6.45) is 0. The highest BCUT2D eigenvalue weighted by molar-refractivity contribution is 9.10. The van der Waals surface area contributed by atoms with Gasteiger partial charge in [-0.05, 0) is 48.9 Å². The van der Waals surface area contributed by atoms with E-state index in [9.17, 15) is 4.39 Å². The summed E-state index contributed by atoms with van der Waals surface area (Å²) in [5, 5.41) is 11.8. The van der Waals surface area contributed by atoms with Crippen molar-refractivity contribution in [3.05, 3.63) is 57.8 Å². The minimum atomic E-state index is -0.516. The molecule has 2 rings (SSSR count). The van der Waals surface area contributed by atoms with Gasteiger partial charge in [0.2, 0.25) is 0 Å². The molecule has 0 saturated carbocycles. The van der Waals surface area contributed by atoms with Gasteiger partial charge in [-0.3, -0.25) is 0 Å². The maximum absolute atomic E-state index is 13.4. The molecule has 0 spiro atoms. The Bertz CT molecular complexity index is 632. The van der Waals surface area contributed by atoms with Crippen molar-refractivity contribution in [2.45, 2.75) is 6.92 Å². The summed E-state index contributed by atoms with van der Waals surface area (Å²) in [5.41, 5.74) is 2.63.